The summed E-state index contributed by atoms with van der Waals surface area (Å²) in [6.07, 6.45) is 2.21. The summed E-state index contributed by atoms with van der Waals surface area (Å²) in [6.45, 7) is 1.97. The molecule has 4 saturated carbocycles. The quantitative estimate of drug-likeness (QED) is 0.239. The van der Waals surface area contributed by atoms with Crippen LogP contribution in [0.25, 0.3) is 0 Å². The number of methoxy groups -OCH3 is 1. The number of alkyl halides is 3. The van der Waals surface area contributed by atoms with E-state index in [1.165, 1.54) is 7.11 Å². The smallest absolute Gasteiger partial charge is 0.419 e. The number of amides is 2. The second kappa shape index (κ2) is 11.9. The Bertz CT molecular complexity index is 1670. The molecule has 1 heterocycles. The summed E-state index contributed by atoms with van der Waals surface area (Å²) in [6, 6.07) is 5.29. The summed E-state index contributed by atoms with van der Waals surface area (Å²) >= 11 is 0. The molecular formula is C35H37F4N3O5. The number of halogens is 4. The lowest BCUT2D eigenvalue weighted by Crippen LogP contribution is -2.48. The Balaban J connectivity index is 1.18. The van der Waals surface area contributed by atoms with Crippen molar-refractivity contribution < 1.29 is 41.8 Å². The van der Waals surface area contributed by atoms with Crippen LogP contribution in [-0.4, -0.2) is 48.5 Å². The van der Waals surface area contributed by atoms with Gasteiger partial charge in [-0.2, -0.15) is 13.2 Å². The summed E-state index contributed by atoms with van der Waals surface area (Å²) in [5.41, 5.74) is 2.07. The second-order valence-electron chi connectivity index (χ2n) is 13.6. The summed E-state index contributed by atoms with van der Waals surface area (Å²) in [5, 5.41) is 19.8. The number of anilines is 1. The van der Waals surface area contributed by atoms with Crippen LogP contribution in [0.3, 0.4) is 0 Å². The van der Waals surface area contributed by atoms with Crippen LogP contribution in [0.15, 0.2) is 47.1 Å². The molecule has 0 saturated heterocycles. The van der Waals surface area contributed by atoms with Gasteiger partial charge < -0.3 is 25.3 Å². The van der Waals surface area contributed by atoms with Gasteiger partial charge in [0.1, 0.15) is 17.7 Å². The molecule has 5 aliphatic rings. The molecule has 7 rings (SSSR count). The fourth-order valence-corrected chi connectivity index (χ4v) is 8.23. The van der Waals surface area contributed by atoms with Crippen LogP contribution in [0, 0.1) is 48.2 Å². The highest BCUT2D eigenvalue weighted by molar-refractivity contribution is 6.07. The van der Waals surface area contributed by atoms with Crippen molar-refractivity contribution in [2.24, 2.45) is 40.7 Å². The molecule has 2 aromatic carbocycles. The Morgan fingerprint density at radius 1 is 1.09 bits per heavy atom. The summed E-state index contributed by atoms with van der Waals surface area (Å²) in [5.74, 6) is -2.51. The third-order valence-electron chi connectivity index (χ3n) is 10.7. The fourth-order valence-electron chi connectivity index (χ4n) is 8.23. The maximum Gasteiger partial charge on any atom is 0.419 e. The first-order chi connectivity index (χ1) is 22.5. The lowest BCUT2D eigenvalue weighted by molar-refractivity contribution is -0.140. The Morgan fingerprint density at radius 3 is 2.55 bits per heavy atom. The SMILES string of the molecule is COc1cc(C)c(C2=NOC3CC(CO)CC23)cc1C(=O)N[C@@H]1C2CCC(/C2=C/C2CC2)[C@@H]1C(=O)Nc1ccc(F)c(C(F)(F)F)c1. The molecule has 8 nitrogen and oxygen atoms in total. The Labute approximate surface area is 269 Å². The first-order valence-electron chi connectivity index (χ1n) is 16.2. The van der Waals surface area contributed by atoms with E-state index in [2.05, 4.69) is 21.9 Å². The molecule has 3 N–H and O–H groups in total. The van der Waals surface area contributed by atoms with E-state index in [0.717, 1.165) is 60.6 Å². The van der Waals surface area contributed by atoms with Gasteiger partial charge in [0.2, 0.25) is 5.91 Å². The van der Waals surface area contributed by atoms with Crippen molar-refractivity contribution in [2.75, 3.05) is 19.0 Å². The Kier molecular flexibility index (Phi) is 8.05. The Morgan fingerprint density at radius 2 is 1.85 bits per heavy atom. The van der Waals surface area contributed by atoms with Gasteiger partial charge in [-0.15, -0.1) is 0 Å². The lowest BCUT2D eigenvalue weighted by atomic mass is 9.83. The molecule has 0 aromatic heterocycles. The van der Waals surface area contributed by atoms with E-state index in [4.69, 9.17) is 9.57 Å². The van der Waals surface area contributed by atoms with Crippen LogP contribution >= 0.6 is 0 Å². The highest BCUT2D eigenvalue weighted by Gasteiger charge is 2.55. The number of carbonyl (C=O) groups excluding carboxylic acids is 2. The largest absolute Gasteiger partial charge is 0.496 e. The third kappa shape index (κ3) is 5.78. The van der Waals surface area contributed by atoms with Crippen LogP contribution in [0.5, 0.6) is 5.75 Å². The van der Waals surface area contributed by atoms with Gasteiger partial charge in [-0.25, -0.2) is 4.39 Å². The summed E-state index contributed by atoms with van der Waals surface area (Å²) in [7, 11) is 1.47. The van der Waals surface area contributed by atoms with Gasteiger partial charge in [0.05, 0.1) is 29.9 Å². The van der Waals surface area contributed by atoms with Gasteiger partial charge in [-0.3, -0.25) is 9.59 Å². The molecule has 0 spiro atoms. The number of nitrogens with zero attached hydrogens (tertiary/aromatic N) is 1. The van der Waals surface area contributed by atoms with Crippen molar-refractivity contribution in [1.82, 2.24) is 5.32 Å². The molecule has 250 valence electrons. The lowest BCUT2D eigenvalue weighted by Gasteiger charge is -2.30. The summed E-state index contributed by atoms with van der Waals surface area (Å²) in [4.78, 5) is 33.7. The number of allylic oxidation sites excluding steroid dienone is 1. The van der Waals surface area contributed by atoms with E-state index in [0.29, 0.717) is 30.2 Å². The van der Waals surface area contributed by atoms with Crippen molar-refractivity contribution in [3.63, 3.8) is 0 Å². The predicted molar refractivity (Wildman–Crippen MR) is 164 cm³/mol. The molecule has 47 heavy (non-hydrogen) atoms. The van der Waals surface area contributed by atoms with E-state index in [1.54, 1.807) is 12.1 Å². The van der Waals surface area contributed by atoms with Crippen molar-refractivity contribution in [2.45, 2.75) is 63.8 Å². The highest BCUT2D eigenvalue weighted by atomic mass is 19.4. The van der Waals surface area contributed by atoms with Crippen molar-refractivity contribution in [1.29, 1.82) is 0 Å². The molecular weight excluding hydrogens is 618 g/mol. The normalized spacial score (nSPS) is 30.2. The van der Waals surface area contributed by atoms with Gasteiger partial charge in [-0.1, -0.05) is 16.8 Å². The molecule has 5 unspecified atom stereocenters. The molecule has 0 radical (unpaired) electrons. The highest BCUT2D eigenvalue weighted by Crippen LogP contribution is 2.54. The number of nitrogens with one attached hydrogen (secondary N) is 2. The van der Waals surface area contributed by atoms with Crippen LogP contribution < -0.4 is 15.4 Å². The zero-order valence-electron chi connectivity index (χ0n) is 26.1. The number of oxime groups is 1. The van der Waals surface area contributed by atoms with Gasteiger partial charge in [-0.05, 0) is 99.1 Å². The minimum absolute atomic E-state index is 0.00626. The number of ether oxygens (including phenoxy) is 1. The minimum Gasteiger partial charge on any atom is -0.496 e. The summed E-state index contributed by atoms with van der Waals surface area (Å²) < 4.78 is 59.8. The van der Waals surface area contributed by atoms with Crippen molar-refractivity contribution in [3.8, 4) is 5.75 Å². The molecule has 4 fully saturated rings. The zero-order chi connectivity index (χ0) is 33.2. The number of aliphatic hydroxyl groups excluding tert-OH is 1. The first-order valence-corrected chi connectivity index (χ1v) is 16.2. The van der Waals surface area contributed by atoms with E-state index in [-0.39, 0.29) is 47.6 Å². The molecule has 2 aromatic rings. The first kappa shape index (κ1) is 31.7. The average molecular weight is 656 g/mol. The van der Waals surface area contributed by atoms with Crippen LogP contribution in [0.1, 0.15) is 65.6 Å². The number of fused-ring (bicyclic) bond motifs is 3. The topological polar surface area (TPSA) is 109 Å². The molecule has 1 aliphatic heterocycles. The van der Waals surface area contributed by atoms with Crippen LogP contribution in [0.2, 0.25) is 0 Å². The number of carbonyl (C=O) groups is 2. The number of aliphatic hydroxyl groups is 1. The molecule has 2 amide bonds. The number of aryl methyl sites for hydroxylation is 1. The number of hydrogen-bond acceptors (Lipinski definition) is 6. The molecule has 4 aliphatic carbocycles. The van der Waals surface area contributed by atoms with E-state index < -0.39 is 41.3 Å². The van der Waals surface area contributed by atoms with Gasteiger partial charge in [0, 0.05) is 35.7 Å². The zero-order valence-corrected chi connectivity index (χ0v) is 26.1. The minimum atomic E-state index is -4.92. The molecule has 12 heteroatoms. The fraction of sp³-hybridized carbons (Fsp3) is 0.514. The molecule has 7 atom stereocenters. The molecule has 2 bridgehead atoms. The van der Waals surface area contributed by atoms with E-state index in [9.17, 15) is 32.3 Å². The van der Waals surface area contributed by atoms with Crippen LogP contribution in [-0.2, 0) is 15.8 Å². The van der Waals surface area contributed by atoms with Crippen molar-refractivity contribution >= 4 is 23.2 Å². The third-order valence-corrected chi connectivity index (χ3v) is 10.7. The standard InChI is InChI=1S/C35H37F4N3O5/c1-16-9-28(46-2)25(14-22(16)31-24-11-18(15-43)12-29(24)47-42-31)33(44)41-32-21-7-6-20(23(21)10-17-3-4-17)30(32)34(45)40-19-5-8-27(36)26(13-19)35(37,38)39/h5,8-10,13-14,17-18,20-21,24,29-30,32,43H,3-4,6-7,11-12,15H2,1-2H3,(H,40,45)(H,41,44)/b23-10-/t18?,20?,21?,24?,29?,30-,32+/m0/s1. The number of rotatable bonds is 8. The van der Waals surface area contributed by atoms with Gasteiger partial charge in [0.15, 0.2) is 0 Å². The van der Waals surface area contributed by atoms with Crippen LogP contribution in [0.4, 0.5) is 23.2 Å². The van der Waals surface area contributed by atoms with E-state index >= 15 is 0 Å². The number of hydrogen-bond donors (Lipinski definition) is 3. The maximum absolute atomic E-state index is 14.1. The maximum atomic E-state index is 14.1. The van der Waals surface area contributed by atoms with E-state index in [1.807, 2.05) is 6.92 Å². The Hall–Kier alpha value is -3.93. The number of benzene rings is 2. The second-order valence-corrected chi connectivity index (χ2v) is 13.6. The predicted octanol–water partition coefficient (Wildman–Crippen LogP) is 6.01. The van der Waals surface area contributed by atoms with Gasteiger partial charge in [0.25, 0.3) is 5.91 Å². The monoisotopic (exact) mass is 655 g/mol. The average Bonchev–Trinajstić information content (AvgIpc) is 3.31. The van der Waals surface area contributed by atoms with Gasteiger partial charge >= 0.3 is 6.18 Å². The van der Waals surface area contributed by atoms with Crippen molar-refractivity contribution in [3.05, 3.63) is 70.1 Å².